The zero-order valence-electron chi connectivity index (χ0n) is 12.8. The largest absolute Gasteiger partial charge is 0.392 e. The fourth-order valence-corrected chi connectivity index (χ4v) is 4.15. The SMILES string of the molecule is COC12CCCC(CC(CCOCC(F)(F)S(=O)(=O)O)C1)C2. The molecule has 3 unspecified atom stereocenters. The van der Waals surface area contributed by atoms with Crippen molar-refractivity contribution in [3.63, 3.8) is 0 Å². The number of halogens is 2. The smallest absolute Gasteiger partial charge is 0.378 e. The molecule has 0 aromatic rings. The number of methoxy groups -OCH3 is 1. The Morgan fingerprint density at radius 3 is 2.73 bits per heavy atom. The maximum absolute atomic E-state index is 13.0. The van der Waals surface area contributed by atoms with Gasteiger partial charge < -0.3 is 9.47 Å². The van der Waals surface area contributed by atoms with Crippen molar-refractivity contribution in [1.82, 2.24) is 0 Å². The Labute approximate surface area is 130 Å². The number of ether oxygens (including phenoxy) is 2. The van der Waals surface area contributed by atoms with Crippen molar-refractivity contribution in [2.45, 2.75) is 55.8 Å². The van der Waals surface area contributed by atoms with Crippen molar-refractivity contribution >= 4 is 10.1 Å². The standard InChI is InChI=1S/C14H24F2O5S/c1-20-13-5-2-3-11(8-13)7-12(9-13)4-6-21-10-14(15,16)22(17,18)19/h11-12H,2-10H2,1H3,(H,17,18,19). The highest BCUT2D eigenvalue weighted by atomic mass is 32.2. The molecule has 2 fully saturated rings. The van der Waals surface area contributed by atoms with E-state index in [1.807, 2.05) is 0 Å². The second-order valence-electron chi connectivity index (χ2n) is 6.61. The van der Waals surface area contributed by atoms with Crippen LogP contribution in [0.1, 0.15) is 44.9 Å². The summed E-state index contributed by atoms with van der Waals surface area (Å²) in [6.07, 6.45) is 7.01. The van der Waals surface area contributed by atoms with Crippen molar-refractivity contribution in [2.75, 3.05) is 20.3 Å². The second-order valence-corrected chi connectivity index (χ2v) is 8.16. The molecule has 0 radical (unpaired) electrons. The average Bonchev–Trinajstić information content (AvgIpc) is 2.42. The first kappa shape index (κ1) is 18.0. The molecule has 2 bridgehead atoms. The summed E-state index contributed by atoms with van der Waals surface area (Å²) in [6.45, 7) is -1.25. The molecule has 0 aliphatic heterocycles. The van der Waals surface area contributed by atoms with Crippen LogP contribution in [0, 0.1) is 11.8 Å². The number of alkyl halides is 2. The van der Waals surface area contributed by atoms with E-state index in [2.05, 4.69) is 0 Å². The minimum absolute atomic E-state index is 0.0578. The molecule has 2 rings (SSSR count). The molecule has 0 heterocycles. The Morgan fingerprint density at radius 2 is 2.09 bits per heavy atom. The Kier molecular flexibility index (Phi) is 5.46. The van der Waals surface area contributed by atoms with Gasteiger partial charge in [0.15, 0.2) is 0 Å². The van der Waals surface area contributed by atoms with E-state index in [1.165, 1.54) is 12.8 Å². The topological polar surface area (TPSA) is 72.8 Å². The van der Waals surface area contributed by atoms with E-state index in [0.29, 0.717) is 18.3 Å². The van der Waals surface area contributed by atoms with Crippen molar-refractivity contribution in [3.8, 4) is 0 Å². The fourth-order valence-electron chi connectivity index (χ4n) is 3.91. The van der Waals surface area contributed by atoms with Crippen LogP contribution in [-0.2, 0) is 19.6 Å². The predicted molar refractivity (Wildman–Crippen MR) is 76.4 cm³/mol. The highest BCUT2D eigenvalue weighted by Gasteiger charge is 2.45. The van der Waals surface area contributed by atoms with Crippen LogP contribution in [0.2, 0.25) is 0 Å². The normalized spacial score (nSPS) is 32.9. The minimum Gasteiger partial charge on any atom is -0.378 e. The molecule has 8 heteroatoms. The van der Waals surface area contributed by atoms with Gasteiger partial charge in [0.1, 0.15) is 6.61 Å². The lowest BCUT2D eigenvalue weighted by Gasteiger charge is -2.47. The van der Waals surface area contributed by atoms with Crippen LogP contribution >= 0.6 is 0 Å². The first-order valence-corrected chi connectivity index (χ1v) is 9.09. The van der Waals surface area contributed by atoms with Gasteiger partial charge in [-0.3, -0.25) is 4.55 Å². The molecule has 3 atom stereocenters. The monoisotopic (exact) mass is 342 g/mol. The summed E-state index contributed by atoms with van der Waals surface area (Å²) in [6, 6.07) is 0. The van der Waals surface area contributed by atoms with E-state index < -0.39 is 22.0 Å². The van der Waals surface area contributed by atoms with E-state index in [0.717, 1.165) is 25.7 Å². The molecule has 1 N–H and O–H groups in total. The molecule has 2 aliphatic rings. The maximum Gasteiger partial charge on any atom is 0.392 e. The third-order valence-corrected chi connectivity index (χ3v) is 5.86. The molecule has 0 aromatic heterocycles. The fraction of sp³-hybridized carbons (Fsp3) is 1.00. The second kappa shape index (κ2) is 6.67. The van der Waals surface area contributed by atoms with E-state index in [1.54, 1.807) is 7.11 Å². The molecule has 0 spiro atoms. The molecule has 22 heavy (non-hydrogen) atoms. The van der Waals surface area contributed by atoms with Crippen LogP contribution in [0.25, 0.3) is 0 Å². The summed E-state index contributed by atoms with van der Waals surface area (Å²) in [7, 11) is -3.68. The third kappa shape index (κ3) is 4.15. The zero-order valence-corrected chi connectivity index (χ0v) is 13.6. The van der Waals surface area contributed by atoms with Crippen LogP contribution in [0.3, 0.4) is 0 Å². The van der Waals surface area contributed by atoms with Gasteiger partial charge in [0, 0.05) is 13.7 Å². The van der Waals surface area contributed by atoms with E-state index in [-0.39, 0.29) is 12.2 Å². The maximum atomic E-state index is 13.0. The average molecular weight is 342 g/mol. The summed E-state index contributed by atoms with van der Waals surface area (Å²) in [4.78, 5) is 0. The molecule has 130 valence electrons. The third-order valence-electron chi connectivity index (χ3n) is 4.98. The number of hydrogen-bond donors (Lipinski definition) is 1. The van der Waals surface area contributed by atoms with Gasteiger partial charge >= 0.3 is 15.4 Å². The van der Waals surface area contributed by atoms with E-state index in [4.69, 9.17) is 14.0 Å². The van der Waals surface area contributed by atoms with Crippen molar-refractivity contribution in [1.29, 1.82) is 0 Å². The highest BCUT2D eigenvalue weighted by molar-refractivity contribution is 7.86. The van der Waals surface area contributed by atoms with Crippen LogP contribution < -0.4 is 0 Å². The van der Waals surface area contributed by atoms with Crippen molar-refractivity contribution in [2.24, 2.45) is 11.8 Å². The van der Waals surface area contributed by atoms with Gasteiger partial charge in [-0.2, -0.15) is 17.2 Å². The molecular weight excluding hydrogens is 318 g/mol. The lowest BCUT2D eigenvalue weighted by molar-refractivity contribution is -0.101. The van der Waals surface area contributed by atoms with Gasteiger partial charge in [0.05, 0.1) is 5.60 Å². The lowest BCUT2D eigenvalue weighted by atomic mass is 9.64. The summed E-state index contributed by atoms with van der Waals surface area (Å²) in [5, 5.41) is -4.25. The predicted octanol–water partition coefficient (Wildman–Crippen LogP) is 2.86. The molecule has 5 nitrogen and oxygen atoms in total. The quantitative estimate of drug-likeness (QED) is 0.569. The lowest BCUT2D eigenvalue weighted by Crippen LogP contribution is -2.44. The molecular formula is C14H24F2O5S. The van der Waals surface area contributed by atoms with E-state index in [9.17, 15) is 17.2 Å². The number of rotatable bonds is 7. The summed E-state index contributed by atoms with van der Waals surface area (Å²) in [5.41, 5.74) is -0.0792. The van der Waals surface area contributed by atoms with Gasteiger partial charge in [0.25, 0.3) is 0 Å². The van der Waals surface area contributed by atoms with Crippen LogP contribution in [-0.4, -0.2) is 44.1 Å². The van der Waals surface area contributed by atoms with Crippen LogP contribution in [0.15, 0.2) is 0 Å². The van der Waals surface area contributed by atoms with Gasteiger partial charge in [0.2, 0.25) is 0 Å². The Bertz CT molecular complexity index is 482. The van der Waals surface area contributed by atoms with Crippen molar-refractivity contribution < 1.29 is 31.2 Å². The first-order valence-electron chi connectivity index (χ1n) is 7.65. The molecule has 0 saturated heterocycles. The Hall–Kier alpha value is -0.310. The molecule has 0 aromatic carbocycles. The van der Waals surface area contributed by atoms with Gasteiger partial charge in [-0.05, 0) is 43.9 Å². The van der Waals surface area contributed by atoms with Gasteiger partial charge in [-0.15, -0.1) is 0 Å². The summed E-state index contributed by atoms with van der Waals surface area (Å²) < 4.78 is 65.9. The Morgan fingerprint density at radius 1 is 1.36 bits per heavy atom. The zero-order chi connectivity index (χ0) is 16.4. The number of hydrogen-bond acceptors (Lipinski definition) is 4. The molecule has 2 saturated carbocycles. The van der Waals surface area contributed by atoms with Crippen molar-refractivity contribution in [3.05, 3.63) is 0 Å². The highest BCUT2D eigenvalue weighted by Crippen LogP contribution is 2.47. The Balaban J connectivity index is 1.78. The molecule has 0 amide bonds. The van der Waals surface area contributed by atoms with E-state index >= 15 is 0 Å². The number of fused-ring (bicyclic) bond motifs is 2. The van der Waals surface area contributed by atoms with Crippen LogP contribution in [0.5, 0.6) is 0 Å². The summed E-state index contributed by atoms with van der Waals surface area (Å²) in [5.74, 6) is 0.963. The van der Waals surface area contributed by atoms with Gasteiger partial charge in [-0.1, -0.05) is 12.8 Å². The first-order chi connectivity index (χ1) is 10.2. The minimum atomic E-state index is -5.41. The van der Waals surface area contributed by atoms with Gasteiger partial charge in [-0.25, -0.2) is 0 Å². The summed E-state index contributed by atoms with van der Waals surface area (Å²) >= 11 is 0. The van der Waals surface area contributed by atoms with Crippen LogP contribution in [0.4, 0.5) is 8.78 Å². The molecule has 2 aliphatic carbocycles.